The van der Waals surface area contributed by atoms with Gasteiger partial charge in [-0.15, -0.1) is 17.9 Å². The van der Waals surface area contributed by atoms with Crippen LogP contribution in [0.2, 0.25) is 5.02 Å². The van der Waals surface area contributed by atoms with E-state index in [9.17, 15) is 24.3 Å². The smallest absolute Gasteiger partial charge is 0.408 e. The fraction of sp³-hybridized carbons (Fsp3) is 0.581. The zero-order valence-corrected chi connectivity index (χ0v) is 36.8. The van der Waals surface area contributed by atoms with E-state index in [-0.39, 0.29) is 36.6 Å². The van der Waals surface area contributed by atoms with Gasteiger partial charge in [0, 0.05) is 41.8 Å². The number of alkyl carbamates (subject to hydrolysis) is 1. The number of nitrogens with one attached hydrogen (secondary N) is 3. The maximum absolute atomic E-state index is 14.7. The molecule has 3 aliphatic carbocycles. The molecule has 7 rings (SSSR count). The quantitative estimate of drug-likeness (QED) is 0.120. The summed E-state index contributed by atoms with van der Waals surface area (Å²) in [7, 11) is 3.90. The summed E-state index contributed by atoms with van der Waals surface area (Å²) in [5.74, 6) is -0.781. The van der Waals surface area contributed by atoms with Crippen molar-refractivity contribution < 1.29 is 38.5 Å². The van der Waals surface area contributed by atoms with Crippen LogP contribution in [0.15, 0.2) is 36.2 Å². The number of carboxylic acids is 1. The van der Waals surface area contributed by atoms with Crippen LogP contribution in [0.4, 0.5) is 9.93 Å². The number of carbonyl (C=O) groups is 4. The second-order valence-corrected chi connectivity index (χ2v) is 19.5. The summed E-state index contributed by atoms with van der Waals surface area (Å²) in [4.78, 5) is 67.8. The van der Waals surface area contributed by atoms with Crippen LogP contribution in [-0.4, -0.2) is 118 Å². The molecule has 4 aliphatic rings. The molecule has 1 aliphatic heterocycles. The van der Waals surface area contributed by atoms with Crippen molar-refractivity contribution in [3.63, 3.8) is 0 Å². The van der Waals surface area contributed by atoms with Gasteiger partial charge in [0.05, 0.1) is 17.8 Å². The number of aliphatic carboxylic acids is 1. The molecule has 4 fully saturated rings. The van der Waals surface area contributed by atoms with Gasteiger partial charge in [0.1, 0.15) is 58.7 Å². The Morgan fingerprint density at radius 1 is 1.08 bits per heavy atom. The Kier molecular flexibility index (Phi) is 12.3. The Morgan fingerprint density at radius 3 is 2.45 bits per heavy atom. The third-order valence-electron chi connectivity index (χ3n) is 11.8. The average Bonchev–Trinajstić information content (AvgIpc) is 3.84. The summed E-state index contributed by atoms with van der Waals surface area (Å²) in [5, 5.41) is 22.5. The Morgan fingerprint density at radius 2 is 1.82 bits per heavy atom. The first-order chi connectivity index (χ1) is 28.4. The number of hydrogen-bond acceptors (Lipinski definition) is 12. The van der Waals surface area contributed by atoms with Crippen molar-refractivity contribution in [2.45, 2.75) is 103 Å². The lowest BCUT2D eigenvalue weighted by molar-refractivity contribution is -0.146. The van der Waals surface area contributed by atoms with E-state index in [1.807, 2.05) is 65.1 Å². The number of aromatic nitrogens is 2. The largest absolute Gasteiger partial charge is 0.491 e. The van der Waals surface area contributed by atoms with E-state index in [2.05, 4.69) is 22.5 Å². The van der Waals surface area contributed by atoms with Crippen LogP contribution in [-0.2, 0) is 19.1 Å². The highest BCUT2D eigenvalue weighted by Gasteiger charge is 2.61. The topological polar surface area (TPSA) is 185 Å². The van der Waals surface area contributed by atoms with Crippen LogP contribution in [0.3, 0.4) is 0 Å². The summed E-state index contributed by atoms with van der Waals surface area (Å²) in [6.45, 7) is 14.3. The number of amides is 3. The standard InChI is InChI=1S/C43H56ClN7O8S/c1-9-25-19-43(25,39(54)55)49-37(52)31-17-27(20-51(31)38(53)36(42(4,5)6)48-41(56)59-26-15-23-14-24(23)16-26)58-33-18-29(30-21-60-40(47-30)45-22(2)3)46-35-28(33)10-11-32(34(35)44)57-13-12-50(7)8/h9-11,18,21-27,31,36H,1,12-17,19-20H2,2-8H3,(H,45,47)(H,48,56)(H,49,52)(H,54,55)/t23-,24+,25-,26?,27-,31+,36-,43?/m1/s1. The molecule has 3 aromatic rings. The predicted molar refractivity (Wildman–Crippen MR) is 229 cm³/mol. The normalized spacial score (nSPS) is 26.1. The van der Waals surface area contributed by atoms with Crippen LogP contribution >= 0.6 is 22.9 Å². The van der Waals surface area contributed by atoms with E-state index >= 15 is 0 Å². The lowest BCUT2D eigenvalue weighted by Crippen LogP contribution is -2.59. The minimum Gasteiger partial charge on any atom is -0.491 e. The van der Waals surface area contributed by atoms with Crippen LogP contribution in [0.5, 0.6) is 11.5 Å². The number of carboxylic acid groups (broad SMARTS) is 1. The molecule has 0 spiro atoms. The van der Waals surface area contributed by atoms with Crippen LogP contribution in [0.25, 0.3) is 22.3 Å². The first-order valence-corrected chi connectivity index (χ1v) is 21.9. The zero-order chi connectivity index (χ0) is 43.3. The highest BCUT2D eigenvalue weighted by atomic mass is 35.5. The molecule has 0 bridgehead atoms. The molecule has 2 aromatic heterocycles. The van der Waals surface area contributed by atoms with Gasteiger partial charge in [0.2, 0.25) is 11.8 Å². The number of pyridine rings is 1. The monoisotopic (exact) mass is 865 g/mol. The number of hydrogen-bond donors (Lipinski definition) is 4. The van der Waals surface area contributed by atoms with Gasteiger partial charge < -0.3 is 45.1 Å². The molecular weight excluding hydrogens is 810 g/mol. The number of likely N-dealkylation sites (tertiary alicyclic amines) is 1. The van der Waals surface area contributed by atoms with Gasteiger partial charge in [-0.25, -0.2) is 19.6 Å². The number of benzene rings is 1. The minimum atomic E-state index is -1.53. The van der Waals surface area contributed by atoms with E-state index in [0.717, 1.165) is 12.8 Å². The molecule has 3 amide bonds. The number of halogens is 1. The van der Waals surface area contributed by atoms with E-state index < -0.39 is 58.9 Å². The van der Waals surface area contributed by atoms with Gasteiger partial charge in [-0.05, 0) is 83.0 Å². The Hall–Kier alpha value is -4.67. The molecule has 0 radical (unpaired) electrons. The van der Waals surface area contributed by atoms with Crippen molar-refractivity contribution in [3.05, 3.63) is 41.3 Å². The summed E-state index contributed by atoms with van der Waals surface area (Å²) in [6.07, 6.45) is 2.87. The Bertz CT molecular complexity index is 2150. The molecule has 2 unspecified atom stereocenters. The number of nitrogens with zero attached hydrogens (tertiary/aromatic N) is 4. The van der Waals surface area contributed by atoms with Crippen molar-refractivity contribution in [2.75, 3.05) is 39.1 Å². The molecule has 1 aromatic carbocycles. The Labute approximate surface area is 359 Å². The second kappa shape index (κ2) is 17.0. The Balaban J connectivity index is 1.21. The molecule has 324 valence electrons. The SMILES string of the molecule is C=C[C@@H]1CC1(NC(=O)[C@@H]1C[C@@H](Oc2cc(-c3csc(NC(C)C)n3)nc3c(Cl)c(OCCN(C)C)ccc23)CN1C(=O)[C@@H](NC(=O)OC1C[C@@H]2C[C@@H]2C1)C(C)(C)C)C(=O)O. The summed E-state index contributed by atoms with van der Waals surface area (Å²) in [6, 6.07) is 3.27. The molecule has 4 N–H and O–H groups in total. The third kappa shape index (κ3) is 9.30. The van der Waals surface area contributed by atoms with Gasteiger partial charge >= 0.3 is 12.1 Å². The van der Waals surface area contributed by atoms with E-state index in [1.54, 1.807) is 12.1 Å². The molecule has 15 nitrogen and oxygen atoms in total. The van der Waals surface area contributed by atoms with Crippen molar-refractivity contribution in [1.29, 1.82) is 0 Å². The highest BCUT2D eigenvalue weighted by molar-refractivity contribution is 7.14. The minimum absolute atomic E-state index is 0.0238. The first-order valence-electron chi connectivity index (χ1n) is 20.6. The fourth-order valence-electron chi connectivity index (χ4n) is 8.34. The van der Waals surface area contributed by atoms with Crippen molar-refractivity contribution >= 4 is 62.8 Å². The lowest BCUT2D eigenvalue weighted by atomic mass is 9.85. The van der Waals surface area contributed by atoms with E-state index in [4.69, 9.17) is 35.8 Å². The van der Waals surface area contributed by atoms with Crippen molar-refractivity contribution in [2.24, 2.45) is 23.2 Å². The summed E-state index contributed by atoms with van der Waals surface area (Å²) in [5.41, 5.74) is -0.833. The number of rotatable bonds is 16. The van der Waals surface area contributed by atoms with Crippen LogP contribution < -0.4 is 25.4 Å². The lowest BCUT2D eigenvalue weighted by Gasteiger charge is -2.35. The van der Waals surface area contributed by atoms with Gasteiger partial charge in [-0.3, -0.25) is 9.59 Å². The summed E-state index contributed by atoms with van der Waals surface area (Å²) >= 11 is 8.45. The predicted octanol–water partition coefficient (Wildman–Crippen LogP) is 6.21. The molecule has 8 atom stereocenters. The number of carbonyl (C=O) groups excluding carboxylic acids is 3. The first kappa shape index (κ1) is 43.4. The number of anilines is 1. The molecule has 17 heteroatoms. The third-order valence-corrected chi connectivity index (χ3v) is 13.0. The van der Waals surface area contributed by atoms with Crippen LogP contribution in [0.1, 0.15) is 66.7 Å². The zero-order valence-electron chi connectivity index (χ0n) is 35.2. The summed E-state index contributed by atoms with van der Waals surface area (Å²) < 4.78 is 18.6. The molecule has 3 heterocycles. The molecule has 3 saturated carbocycles. The number of ether oxygens (including phenoxy) is 3. The number of thiazole rings is 1. The molecule has 60 heavy (non-hydrogen) atoms. The van der Waals surface area contributed by atoms with E-state index in [1.165, 1.54) is 28.7 Å². The van der Waals surface area contributed by atoms with Crippen molar-refractivity contribution in [1.82, 2.24) is 30.4 Å². The second-order valence-electron chi connectivity index (χ2n) is 18.3. The van der Waals surface area contributed by atoms with Gasteiger partial charge in [-0.1, -0.05) is 38.4 Å². The van der Waals surface area contributed by atoms with E-state index in [0.29, 0.717) is 63.9 Å². The number of likely N-dealkylation sites (N-methyl/N-ethyl adjacent to an activating group) is 1. The van der Waals surface area contributed by atoms with Crippen molar-refractivity contribution in [3.8, 4) is 22.9 Å². The van der Waals surface area contributed by atoms with Gasteiger partial charge in [0.15, 0.2) is 5.13 Å². The average molecular weight is 866 g/mol. The van der Waals surface area contributed by atoms with Gasteiger partial charge in [0.25, 0.3) is 0 Å². The highest BCUT2D eigenvalue weighted by Crippen LogP contribution is 2.52. The molecular formula is C43H56ClN7O8S. The maximum atomic E-state index is 14.7. The number of fused-ring (bicyclic) bond motifs is 2. The van der Waals surface area contributed by atoms with Gasteiger partial charge in [-0.2, -0.15) is 0 Å². The fourth-order valence-corrected chi connectivity index (χ4v) is 9.45. The maximum Gasteiger partial charge on any atom is 0.408 e. The molecule has 1 saturated heterocycles. The van der Waals surface area contributed by atoms with Crippen LogP contribution in [0, 0.1) is 23.2 Å².